The van der Waals surface area contributed by atoms with Crippen LogP contribution in [0.3, 0.4) is 0 Å². The molecular weight excluding hydrogens is 356 g/mol. The first-order valence-electron chi connectivity index (χ1n) is 8.40. The molecule has 1 heterocycles. The van der Waals surface area contributed by atoms with Gasteiger partial charge in [-0.25, -0.2) is 0 Å². The number of thioether (sulfide) groups is 1. The highest BCUT2D eigenvalue weighted by Crippen LogP contribution is 2.26. The first kappa shape index (κ1) is 18.6. The first-order chi connectivity index (χ1) is 13.1. The fourth-order valence-electron chi connectivity index (χ4n) is 2.66. The number of nitrogens with zero attached hydrogens (tertiary/aromatic N) is 4. The normalized spacial score (nSPS) is 10.4. The molecule has 0 radical (unpaired) electrons. The molecule has 0 unspecified atom stereocenters. The van der Waals surface area contributed by atoms with E-state index >= 15 is 0 Å². The first-order valence-corrected chi connectivity index (χ1v) is 9.39. The van der Waals surface area contributed by atoms with Crippen molar-refractivity contribution in [2.45, 2.75) is 18.6 Å². The largest absolute Gasteiger partial charge is 0.298 e. The van der Waals surface area contributed by atoms with E-state index in [2.05, 4.69) is 16.8 Å². The summed E-state index contributed by atoms with van der Waals surface area (Å²) in [6, 6.07) is 16.7. The van der Waals surface area contributed by atoms with Crippen molar-refractivity contribution in [2.75, 3.05) is 5.75 Å². The third kappa shape index (κ3) is 4.15. The lowest BCUT2D eigenvalue weighted by Crippen LogP contribution is -2.05. The number of Topliss-reactive ketones (excluding diaryl/α,β-unsaturated/α-hetero) is 1. The number of benzene rings is 2. The van der Waals surface area contributed by atoms with Gasteiger partial charge in [-0.05, 0) is 24.6 Å². The van der Waals surface area contributed by atoms with E-state index in [9.17, 15) is 4.79 Å². The maximum absolute atomic E-state index is 12.4. The van der Waals surface area contributed by atoms with Crippen LogP contribution in [-0.4, -0.2) is 26.3 Å². The lowest BCUT2D eigenvalue weighted by molar-refractivity contribution is 0.102. The van der Waals surface area contributed by atoms with Gasteiger partial charge in [0.25, 0.3) is 0 Å². The summed E-state index contributed by atoms with van der Waals surface area (Å²) in [4.78, 5) is 12.4. The summed E-state index contributed by atoms with van der Waals surface area (Å²) in [7, 11) is 0. The van der Waals surface area contributed by atoms with Gasteiger partial charge in [-0.3, -0.25) is 9.36 Å². The Kier molecular flexibility index (Phi) is 5.84. The van der Waals surface area contributed by atoms with Crippen LogP contribution in [0.4, 0.5) is 0 Å². The van der Waals surface area contributed by atoms with Crippen molar-refractivity contribution in [3.05, 3.63) is 77.9 Å². The number of hydrogen-bond donors (Lipinski definition) is 0. The number of aromatic nitrogens is 3. The van der Waals surface area contributed by atoms with E-state index in [0.29, 0.717) is 22.8 Å². The molecule has 1 aromatic heterocycles. The average Bonchev–Trinajstić information content (AvgIpc) is 3.09. The Bertz CT molecular complexity index is 1020. The summed E-state index contributed by atoms with van der Waals surface area (Å²) in [5.41, 5.74) is 3.24. The monoisotopic (exact) mass is 374 g/mol. The van der Waals surface area contributed by atoms with E-state index in [1.807, 2.05) is 41.8 Å². The van der Waals surface area contributed by atoms with Crippen molar-refractivity contribution >= 4 is 17.5 Å². The second kappa shape index (κ2) is 8.47. The number of carbonyl (C=O) groups excluding carboxylic acids is 1. The highest BCUT2D eigenvalue weighted by molar-refractivity contribution is 7.99. The van der Waals surface area contributed by atoms with Crippen molar-refractivity contribution in [3.63, 3.8) is 0 Å². The van der Waals surface area contributed by atoms with Crippen molar-refractivity contribution in [1.82, 2.24) is 14.8 Å². The molecule has 3 aromatic rings. The van der Waals surface area contributed by atoms with Crippen LogP contribution in [0.5, 0.6) is 0 Å². The number of rotatable bonds is 7. The molecule has 0 aliphatic rings. The van der Waals surface area contributed by atoms with Gasteiger partial charge in [0.05, 0.1) is 17.4 Å². The van der Waals surface area contributed by atoms with Gasteiger partial charge in [-0.2, -0.15) is 5.26 Å². The molecular formula is C21H18N4OS. The minimum absolute atomic E-state index is 0.0184. The highest BCUT2D eigenvalue weighted by Gasteiger charge is 2.16. The van der Waals surface area contributed by atoms with Crippen molar-refractivity contribution in [3.8, 4) is 17.5 Å². The molecule has 3 rings (SSSR count). The number of ketones is 1. The Morgan fingerprint density at radius 2 is 1.96 bits per heavy atom. The standard InChI is InChI=1S/C21H18N4OS/c1-3-12-25-20(18-7-5-4-6-15(18)2)23-24-21(25)27-14-19(26)17-10-8-16(13-22)9-11-17/h3-11H,1,12,14H2,2H3. The number of allylic oxidation sites excluding steroid dienone is 1. The topological polar surface area (TPSA) is 71.6 Å². The Balaban J connectivity index is 1.80. The number of carbonyl (C=O) groups is 1. The van der Waals surface area contributed by atoms with Crippen molar-refractivity contribution in [1.29, 1.82) is 5.26 Å². The molecule has 134 valence electrons. The lowest BCUT2D eigenvalue weighted by Gasteiger charge is -2.09. The summed E-state index contributed by atoms with van der Waals surface area (Å²) < 4.78 is 1.96. The fourth-order valence-corrected chi connectivity index (χ4v) is 3.50. The maximum atomic E-state index is 12.4. The zero-order valence-electron chi connectivity index (χ0n) is 14.9. The fraction of sp³-hybridized carbons (Fsp3) is 0.143. The molecule has 27 heavy (non-hydrogen) atoms. The van der Waals surface area contributed by atoms with Crippen LogP contribution in [-0.2, 0) is 6.54 Å². The Morgan fingerprint density at radius 3 is 2.63 bits per heavy atom. The highest BCUT2D eigenvalue weighted by atomic mass is 32.2. The predicted octanol–water partition coefficient (Wildman–Crippen LogP) is 4.29. The molecule has 0 spiro atoms. The number of nitriles is 1. The maximum Gasteiger partial charge on any atom is 0.192 e. The van der Waals surface area contributed by atoms with Gasteiger partial charge in [0.15, 0.2) is 16.8 Å². The molecule has 0 atom stereocenters. The van der Waals surface area contributed by atoms with Crippen LogP contribution in [0.15, 0.2) is 66.3 Å². The third-order valence-corrected chi connectivity index (χ3v) is 5.05. The van der Waals surface area contributed by atoms with Crippen LogP contribution in [0.25, 0.3) is 11.4 Å². The SMILES string of the molecule is C=CCn1c(SCC(=O)c2ccc(C#N)cc2)nnc1-c1ccccc1C. The van der Waals surface area contributed by atoms with Crippen LogP contribution < -0.4 is 0 Å². The molecule has 0 fully saturated rings. The molecule has 0 aliphatic heterocycles. The molecule has 0 bridgehead atoms. The van der Waals surface area contributed by atoms with Gasteiger partial charge in [0, 0.05) is 17.7 Å². The van der Waals surface area contributed by atoms with E-state index in [4.69, 9.17) is 5.26 Å². The van der Waals surface area contributed by atoms with Gasteiger partial charge >= 0.3 is 0 Å². The number of hydrogen-bond acceptors (Lipinski definition) is 5. The van der Waals surface area contributed by atoms with E-state index < -0.39 is 0 Å². The van der Waals surface area contributed by atoms with Crippen LogP contribution in [0.1, 0.15) is 21.5 Å². The van der Waals surface area contributed by atoms with Crippen molar-refractivity contribution < 1.29 is 4.79 Å². The Labute approximate surface area is 162 Å². The summed E-state index contributed by atoms with van der Waals surface area (Å²) in [5.74, 6) is 0.992. The van der Waals surface area contributed by atoms with E-state index in [0.717, 1.165) is 17.0 Å². The second-order valence-electron chi connectivity index (χ2n) is 5.92. The molecule has 6 heteroatoms. The van der Waals surface area contributed by atoms with E-state index in [1.54, 1.807) is 30.3 Å². The van der Waals surface area contributed by atoms with Gasteiger partial charge in [-0.15, -0.1) is 16.8 Å². The number of aryl methyl sites for hydroxylation is 1. The van der Waals surface area contributed by atoms with Gasteiger partial charge < -0.3 is 0 Å². The summed E-state index contributed by atoms with van der Waals surface area (Å²) in [5, 5.41) is 18.1. The molecule has 0 N–H and O–H groups in total. The lowest BCUT2D eigenvalue weighted by atomic mass is 10.1. The van der Waals surface area contributed by atoms with Gasteiger partial charge in [0.1, 0.15) is 0 Å². The predicted molar refractivity (Wildman–Crippen MR) is 107 cm³/mol. The molecule has 0 aliphatic carbocycles. The summed E-state index contributed by atoms with van der Waals surface area (Å²) in [6.07, 6.45) is 1.79. The Morgan fingerprint density at radius 1 is 1.22 bits per heavy atom. The van der Waals surface area contributed by atoms with Crippen LogP contribution in [0.2, 0.25) is 0 Å². The van der Waals surface area contributed by atoms with Crippen molar-refractivity contribution in [2.24, 2.45) is 0 Å². The van der Waals surface area contributed by atoms with Gasteiger partial charge in [0.2, 0.25) is 0 Å². The minimum atomic E-state index is -0.0184. The quantitative estimate of drug-likeness (QED) is 0.350. The van der Waals surface area contributed by atoms with Gasteiger partial charge in [-0.1, -0.05) is 54.2 Å². The summed E-state index contributed by atoms with van der Waals surface area (Å²) in [6.45, 7) is 6.40. The van der Waals surface area contributed by atoms with E-state index in [-0.39, 0.29) is 11.5 Å². The molecule has 0 saturated carbocycles. The Hall–Kier alpha value is -3.17. The molecule has 0 saturated heterocycles. The summed E-state index contributed by atoms with van der Waals surface area (Å²) >= 11 is 1.35. The van der Waals surface area contributed by atoms with Crippen LogP contribution >= 0.6 is 11.8 Å². The minimum Gasteiger partial charge on any atom is -0.298 e. The zero-order valence-corrected chi connectivity index (χ0v) is 15.7. The van der Waals surface area contributed by atoms with E-state index in [1.165, 1.54) is 11.8 Å². The molecule has 5 nitrogen and oxygen atoms in total. The van der Waals surface area contributed by atoms with Crippen LogP contribution in [0, 0.1) is 18.3 Å². The average molecular weight is 374 g/mol. The molecule has 0 amide bonds. The zero-order chi connectivity index (χ0) is 19.2. The smallest absolute Gasteiger partial charge is 0.192 e. The second-order valence-corrected chi connectivity index (χ2v) is 6.86. The third-order valence-electron chi connectivity index (χ3n) is 4.08. The molecule has 2 aromatic carbocycles.